The summed E-state index contributed by atoms with van der Waals surface area (Å²) in [6, 6.07) is 18.5. The Balaban J connectivity index is 0.000000360. The standard InChI is InChI=1S/C9H11ClI.C5H5.Fe/c10-7-3-6-9(11)8-4-1-2-5-8;1-2-4-5-3-1;/h1-2,4-5,9H,3,6-7H2;1-5H;/q-1;-5;. The molecule has 2 aromatic carbocycles. The summed E-state index contributed by atoms with van der Waals surface area (Å²) in [6.07, 6.45) is 2.30. The smallest absolute Gasteiger partial charge is 0.0223 e. The maximum Gasteiger partial charge on any atom is 0.0223 e. The molecule has 0 saturated carbocycles. The summed E-state index contributed by atoms with van der Waals surface area (Å²) < 4.78 is 0.640. The van der Waals surface area contributed by atoms with Crippen LogP contribution in [0.1, 0.15) is 22.3 Å². The molecule has 0 spiro atoms. The van der Waals surface area contributed by atoms with E-state index in [4.69, 9.17) is 11.6 Å². The normalized spacial score (nSPS) is 10.9. The Bertz CT molecular complexity index is 312. The number of rotatable bonds is 4. The van der Waals surface area contributed by atoms with Crippen molar-refractivity contribution in [2.45, 2.75) is 16.8 Å². The minimum atomic E-state index is 0. The second-order valence-electron chi connectivity index (χ2n) is 3.48. The summed E-state index contributed by atoms with van der Waals surface area (Å²) in [5.74, 6) is 0.778. The van der Waals surface area contributed by atoms with Gasteiger partial charge < -0.3 is 30.3 Å². The molecule has 1 atom stereocenters. The molecule has 2 aromatic rings. The molecule has 0 aromatic heterocycles. The van der Waals surface area contributed by atoms with Gasteiger partial charge in [0.25, 0.3) is 0 Å². The van der Waals surface area contributed by atoms with Crippen LogP contribution in [-0.2, 0) is 17.1 Å². The summed E-state index contributed by atoms with van der Waals surface area (Å²) in [7, 11) is 0. The van der Waals surface area contributed by atoms with Crippen molar-refractivity contribution < 1.29 is 17.1 Å². The summed E-state index contributed by atoms with van der Waals surface area (Å²) in [5, 5.41) is 0. The van der Waals surface area contributed by atoms with Crippen LogP contribution < -0.4 is 0 Å². The van der Waals surface area contributed by atoms with Crippen LogP contribution in [0.3, 0.4) is 0 Å². The van der Waals surface area contributed by atoms with Gasteiger partial charge in [-0.3, -0.25) is 0 Å². The predicted octanol–water partition coefficient (Wildman–Crippen LogP) is 5.30. The predicted molar refractivity (Wildman–Crippen MR) is 80.8 cm³/mol. The minimum absolute atomic E-state index is 0. The Labute approximate surface area is 133 Å². The summed E-state index contributed by atoms with van der Waals surface area (Å²) in [5.41, 5.74) is 1.43. The van der Waals surface area contributed by atoms with Gasteiger partial charge in [-0.25, -0.2) is 12.1 Å². The van der Waals surface area contributed by atoms with Gasteiger partial charge in [0, 0.05) is 22.9 Å². The molecule has 0 saturated heterocycles. The molecule has 3 heteroatoms. The molecule has 0 aliphatic carbocycles. The van der Waals surface area contributed by atoms with Gasteiger partial charge in [-0.1, -0.05) is 22.6 Å². The van der Waals surface area contributed by atoms with E-state index in [1.54, 1.807) is 0 Å². The zero-order chi connectivity index (χ0) is 11.6. The van der Waals surface area contributed by atoms with Crippen molar-refractivity contribution in [3.63, 3.8) is 0 Å². The SMILES string of the molecule is ClCCCC(I)[c-]1cccc1.[Fe].[cH-]1[cH-][cH-][cH-][cH-]1. The van der Waals surface area contributed by atoms with Crippen molar-refractivity contribution in [1.29, 1.82) is 0 Å². The van der Waals surface area contributed by atoms with Crippen LogP contribution in [-0.4, -0.2) is 5.88 Å². The van der Waals surface area contributed by atoms with Gasteiger partial charge in [0.1, 0.15) is 0 Å². The second kappa shape index (κ2) is 11.3. The zero-order valence-corrected chi connectivity index (χ0v) is 13.5. The largest absolute Gasteiger partial charge is 0.748 e. The van der Waals surface area contributed by atoms with Crippen molar-refractivity contribution in [3.05, 3.63) is 60.2 Å². The Morgan fingerprint density at radius 3 is 1.94 bits per heavy atom. The maximum absolute atomic E-state index is 5.60. The van der Waals surface area contributed by atoms with Crippen LogP contribution >= 0.6 is 34.2 Å². The summed E-state index contributed by atoms with van der Waals surface area (Å²) >= 11 is 8.07. The van der Waals surface area contributed by atoms with Crippen LogP contribution in [0.2, 0.25) is 0 Å². The fraction of sp³-hybridized carbons (Fsp3) is 0.286. The van der Waals surface area contributed by atoms with Gasteiger partial charge in [-0.2, -0.15) is 12.1 Å². The molecular formula is C14H16ClFeI-6. The molecule has 0 aliphatic heterocycles. The molecule has 0 bridgehead atoms. The van der Waals surface area contributed by atoms with E-state index in [1.807, 2.05) is 30.3 Å². The third-order valence-corrected chi connectivity index (χ3v) is 3.81. The first-order valence-electron chi connectivity index (χ1n) is 5.43. The average molecular weight is 402 g/mol. The van der Waals surface area contributed by atoms with E-state index in [0.29, 0.717) is 3.92 Å². The molecule has 0 nitrogen and oxygen atoms in total. The van der Waals surface area contributed by atoms with Gasteiger partial charge in [-0.15, -0.1) is 17.2 Å². The monoisotopic (exact) mass is 402 g/mol. The number of hydrogen-bond acceptors (Lipinski definition) is 0. The molecule has 0 N–H and O–H groups in total. The van der Waals surface area contributed by atoms with E-state index >= 15 is 0 Å². The van der Waals surface area contributed by atoms with Gasteiger partial charge in [-0.05, 0) is 16.8 Å². The van der Waals surface area contributed by atoms with E-state index in [0.717, 1.165) is 12.3 Å². The molecule has 0 heterocycles. The zero-order valence-electron chi connectivity index (χ0n) is 9.50. The van der Waals surface area contributed by atoms with Gasteiger partial charge in [0.2, 0.25) is 0 Å². The molecule has 17 heavy (non-hydrogen) atoms. The third-order valence-electron chi connectivity index (χ3n) is 2.20. The number of halogens is 2. The Morgan fingerprint density at radius 2 is 1.53 bits per heavy atom. The third kappa shape index (κ3) is 8.04. The molecule has 100 valence electrons. The molecular weight excluding hydrogens is 386 g/mol. The van der Waals surface area contributed by atoms with Crippen molar-refractivity contribution in [1.82, 2.24) is 0 Å². The average Bonchev–Trinajstić information content (AvgIpc) is 2.98. The topological polar surface area (TPSA) is 0 Å². The number of hydrogen-bond donors (Lipinski definition) is 0. The van der Waals surface area contributed by atoms with Gasteiger partial charge >= 0.3 is 0 Å². The molecule has 0 radical (unpaired) electrons. The van der Waals surface area contributed by atoms with Crippen LogP contribution in [0.15, 0.2) is 54.6 Å². The van der Waals surface area contributed by atoms with E-state index in [1.165, 1.54) is 12.0 Å². The first-order valence-corrected chi connectivity index (χ1v) is 7.21. The molecule has 0 fully saturated rings. The molecule has 1 unspecified atom stereocenters. The van der Waals surface area contributed by atoms with Crippen LogP contribution in [0.5, 0.6) is 0 Å². The molecule has 2 rings (SSSR count). The maximum atomic E-state index is 5.60. The van der Waals surface area contributed by atoms with Crippen LogP contribution in [0.4, 0.5) is 0 Å². The van der Waals surface area contributed by atoms with E-state index in [2.05, 4.69) is 46.9 Å². The number of alkyl halides is 2. The Kier molecular flexibility index (Phi) is 11.5. The Hall–Kier alpha value is 0.239. The molecule has 0 aliphatic rings. The van der Waals surface area contributed by atoms with Gasteiger partial charge in [0.05, 0.1) is 0 Å². The summed E-state index contributed by atoms with van der Waals surface area (Å²) in [6.45, 7) is 0. The van der Waals surface area contributed by atoms with Gasteiger partial charge in [0.15, 0.2) is 0 Å². The summed E-state index contributed by atoms with van der Waals surface area (Å²) in [4.78, 5) is 0. The van der Waals surface area contributed by atoms with Crippen molar-refractivity contribution in [3.8, 4) is 0 Å². The second-order valence-corrected chi connectivity index (χ2v) is 5.36. The van der Waals surface area contributed by atoms with E-state index in [-0.39, 0.29) is 17.1 Å². The minimum Gasteiger partial charge on any atom is -0.748 e. The van der Waals surface area contributed by atoms with E-state index < -0.39 is 0 Å². The van der Waals surface area contributed by atoms with Crippen LogP contribution in [0, 0.1) is 0 Å². The fourth-order valence-electron chi connectivity index (χ4n) is 1.34. The quantitative estimate of drug-likeness (QED) is 0.282. The van der Waals surface area contributed by atoms with Crippen molar-refractivity contribution in [2.75, 3.05) is 5.88 Å². The first-order chi connectivity index (χ1) is 7.84. The molecule has 0 amide bonds. The van der Waals surface area contributed by atoms with Crippen molar-refractivity contribution >= 4 is 34.2 Å². The van der Waals surface area contributed by atoms with Crippen molar-refractivity contribution in [2.24, 2.45) is 0 Å². The Morgan fingerprint density at radius 1 is 1.06 bits per heavy atom. The first kappa shape index (κ1) is 17.2. The van der Waals surface area contributed by atoms with E-state index in [9.17, 15) is 0 Å². The van der Waals surface area contributed by atoms with Crippen LogP contribution in [0.25, 0.3) is 0 Å². The fourth-order valence-corrected chi connectivity index (χ4v) is 2.35.